The van der Waals surface area contributed by atoms with Gasteiger partial charge in [0, 0.05) is 17.5 Å². The molecule has 0 spiro atoms. The third kappa shape index (κ3) is 2.06. The van der Waals surface area contributed by atoms with Crippen LogP contribution in [0.15, 0.2) is 30.7 Å². The monoisotopic (exact) mass is 246 g/mol. The molecule has 4 nitrogen and oxygen atoms in total. The maximum atomic E-state index is 4.21. The number of nitrogens with one attached hydrogen (secondary N) is 1. The average Bonchev–Trinajstić information content (AvgIpc) is 2.70. The number of rotatable bonds is 3. The Morgan fingerprint density at radius 2 is 2.06 bits per heavy atom. The summed E-state index contributed by atoms with van der Waals surface area (Å²) in [6, 6.07) is 0. The SMILES string of the molecule is C=C(S)NC(=C)c1cn2ncnc2c(C)c1C. The number of hydrogen-bond acceptors (Lipinski definition) is 4. The molecule has 2 rings (SSSR count). The summed E-state index contributed by atoms with van der Waals surface area (Å²) in [6.45, 7) is 11.7. The number of aromatic nitrogens is 3. The van der Waals surface area contributed by atoms with Crippen LogP contribution in [0.5, 0.6) is 0 Å². The van der Waals surface area contributed by atoms with E-state index in [1.54, 1.807) is 10.8 Å². The Kier molecular flexibility index (Phi) is 2.93. The van der Waals surface area contributed by atoms with Crippen molar-refractivity contribution in [2.45, 2.75) is 13.8 Å². The number of aryl methyl sites for hydroxylation is 1. The van der Waals surface area contributed by atoms with Crippen molar-refractivity contribution in [1.82, 2.24) is 19.9 Å². The third-order valence-electron chi connectivity index (χ3n) is 2.75. The first-order valence-corrected chi connectivity index (χ1v) is 5.59. The smallest absolute Gasteiger partial charge is 0.158 e. The molecule has 0 saturated heterocycles. The maximum Gasteiger partial charge on any atom is 0.158 e. The molecule has 0 radical (unpaired) electrons. The van der Waals surface area contributed by atoms with Crippen molar-refractivity contribution >= 4 is 24.0 Å². The van der Waals surface area contributed by atoms with E-state index in [1.807, 2.05) is 20.0 Å². The molecular formula is C12H14N4S. The van der Waals surface area contributed by atoms with Gasteiger partial charge in [0.05, 0.1) is 5.03 Å². The van der Waals surface area contributed by atoms with Crippen molar-refractivity contribution in [2.75, 3.05) is 0 Å². The highest BCUT2D eigenvalue weighted by molar-refractivity contribution is 7.84. The van der Waals surface area contributed by atoms with Crippen LogP contribution in [0, 0.1) is 13.8 Å². The Morgan fingerprint density at radius 1 is 1.35 bits per heavy atom. The van der Waals surface area contributed by atoms with Gasteiger partial charge in [-0.3, -0.25) is 0 Å². The second-order valence-corrected chi connectivity index (χ2v) is 4.41. The largest absolute Gasteiger partial charge is 0.351 e. The van der Waals surface area contributed by atoms with Gasteiger partial charge >= 0.3 is 0 Å². The minimum Gasteiger partial charge on any atom is -0.351 e. The highest BCUT2D eigenvalue weighted by Gasteiger charge is 2.10. The van der Waals surface area contributed by atoms with Gasteiger partial charge in [0.2, 0.25) is 0 Å². The van der Waals surface area contributed by atoms with Crippen molar-refractivity contribution in [3.63, 3.8) is 0 Å². The average molecular weight is 246 g/mol. The molecule has 0 fully saturated rings. The van der Waals surface area contributed by atoms with E-state index in [-0.39, 0.29) is 0 Å². The van der Waals surface area contributed by atoms with Crippen LogP contribution in [0.2, 0.25) is 0 Å². The molecule has 0 aliphatic carbocycles. The van der Waals surface area contributed by atoms with Gasteiger partial charge in [0.1, 0.15) is 6.33 Å². The number of hydrogen-bond donors (Lipinski definition) is 2. The van der Waals surface area contributed by atoms with Crippen LogP contribution in [-0.4, -0.2) is 14.6 Å². The Hall–Kier alpha value is -1.75. The van der Waals surface area contributed by atoms with Gasteiger partial charge in [0.25, 0.3) is 0 Å². The van der Waals surface area contributed by atoms with E-state index in [0.29, 0.717) is 5.03 Å². The van der Waals surface area contributed by atoms with Crippen molar-refractivity contribution in [3.05, 3.63) is 47.4 Å². The molecule has 1 N–H and O–H groups in total. The Labute approximate surface area is 105 Å². The fraction of sp³-hybridized carbons (Fsp3) is 0.167. The fourth-order valence-electron chi connectivity index (χ4n) is 1.75. The molecule has 0 atom stereocenters. The molecule has 0 bridgehead atoms. The summed E-state index contributed by atoms with van der Waals surface area (Å²) in [4.78, 5) is 4.21. The maximum absolute atomic E-state index is 4.21. The van der Waals surface area contributed by atoms with Crippen LogP contribution in [0.4, 0.5) is 0 Å². The molecule has 0 unspecified atom stereocenters. The van der Waals surface area contributed by atoms with Crippen LogP contribution >= 0.6 is 12.6 Å². The lowest BCUT2D eigenvalue weighted by molar-refractivity contribution is 0.943. The van der Waals surface area contributed by atoms with Crippen molar-refractivity contribution in [3.8, 4) is 0 Å². The van der Waals surface area contributed by atoms with Crippen LogP contribution < -0.4 is 5.32 Å². The standard InChI is InChI=1S/C12H14N4S/c1-7-8(2)12-13-6-14-16(12)5-11(7)9(3)15-10(4)17/h5-6,15,17H,3-4H2,1-2H3. The van der Waals surface area contributed by atoms with Crippen molar-refractivity contribution < 1.29 is 0 Å². The third-order valence-corrected chi connectivity index (χ3v) is 2.86. The Morgan fingerprint density at radius 3 is 2.71 bits per heavy atom. The number of thiol groups is 1. The lowest BCUT2D eigenvalue weighted by atomic mass is 10.0. The molecule has 2 heterocycles. The highest BCUT2D eigenvalue weighted by Crippen LogP contribution is 2.21. The van der Waals surface area contributed by atoms with E-state index in [1.165, 1.54) is 0 Å². The lowest BCUT2D eigenvalue weighted by Crippen LogP contribution is -2.09. The molecule has 2 aromatic rings. The molecule has 0 aromatic carbocycles. The summed E-state index contributed by atoms with van der Waals surface area (Å²) in [6.07, 6.45) is 3.44. The fourth-order valence-corrected chi connectivity index (χ4v) is 1.88. The van der Waals surface area contributed by atoms with E-state index >= 15 is 0 Å². The zero-order valence-electron chi connectivity index (χ0n) is 9.86. The molecule has 0 saturated carbocycles. The van der Waals surface area contributed by atoms with E-state index in [2.05, 4.69) is 41.2 Å². The first-order valence-electron chi connectivity index (χ1n) is 5.14. The molecular weight excluding hydrogens is 232 g/mol. The minimum absolute atomic E-state index is 0.561. The van der Waals surface area contributed by atoms with Crippen LogP contribution in [0.25, 0.3) is 11.3 Å². The first-order chi connectivity index (χ1) is 8.00. The summed E-state index contributed by atoms with van der Waals surface area (Å²) < 4.78 is 1.74. The van der Waals surface area contributed by atoms with Gasteiger partial charge in [-0.15, -0.1) is 12.6 Å². The predicted octanol–water partition coefficient (Wildman–Crippen LogP) is 2.31. The van der Waals surface area contributed by atoms with Gasteiger partial charge < -0.3 is 5.32 Å². The summed E-state index contributed by atoms with van der Waals surface area (Å²) in [5.74, 6) is 0. The van der Waals surface area contributed by atoms with Crippen LogP contribution in [-0.2, 0) is 0 Å². The van der Waals surface area contributed by atoms with Gasteiger partial charge in [-0.2, -0.15) is 5.10 Å². The van der Waals surface area contributed by atoms with E-state index in [0.717, 1.165) is 28.0 Å². The van der Waals surface area contributed by atoms with Crippen molar-refractivity contribution in [1.29, 1.82) is 0 Å². The second-order valence-electron chi connectivity index (χ2n) is 3.87. The molecule has 88 valence electrons. The molecule has 2 aromatic heterocycles. The van der Waals surface area contributed by atoms with Gasteiger partial charge in [-0.25, -0.2) is 9.50 Å². The summed E-state index contributed by atoms with van der Waals surface area (Å²) in [7, 11) is 0. The quantitative estimate of drug-likeness (QED) is 0.817. The number of nitrogens with zero attached hydrogens (tertiary/aromatic N) is 3. The molecule has 0 aliphatic heterocycles. The first kappa shape index (κ1) is 11.7. The topological polar surface area (TPSA) is 42.2 Å². The Balaban J connectivity index is 2.57. The second kappa shape index (κ2) is 4.25. The van der Waals surface area contributed by atoms with Gasteiger partial charge in [0.15, 0.2) is 5.65 Å². The predicted molar refractivity (Wildman–Crippen MR) is 72.8 cm³/mol. The highest BCUT2D eigenvalue weighted by atomic mass is 32.1. The van der Waals surface area contributed by atoms with Crippen molar-refractivity contribution in [2.24, 2.45) is 0 Å². The number of fused-ring (bicyclic) bond motifs is 1. The van der Waals surface area contributed by atoms with Gasteiger partial charge in [-0.1, -0.05) is 13.2 Å². The summed E-state index contributed by atoms with van der Waals surface area (Å²) >= 11 is 4.11. The summed E-state index contributed by atoms with van der Waals surface area (Å²) in [5, 5.41) is 7.70. The van der Waals surface area contributed by atoms with Gasteiger partial charge in [-0.05, 0) is 25.0 Å². The normalized spacial score (nSPS) is 10.5. The number of pyridine rings is 1. The zero-order chi connectivity index (χ0) is 12.6. The molecule has 0 amide bonds. The van der Waals surface area contributed by atoms with E-state index in [9.17, 15) is 0 Å². The molecule has 0 aliphatic rings. The Bertz CT molecular complexity index is 612. The van der Waals surface area contributed by atoms with Crippen LogP contribution in [0.1, 0.15) is 16.7 Å². The minimum atomic E-state index is 0.561. The van der Waals surface area contributed by atoms with E-state index < -0.39 is 0 Å². The summed E-state index contributed by atoms with van der Waals surface area (Å²) in [5.41, 5.74) is 4.81. The lowest BCUT2D eigenvalue weighted by Gasteiger charge is -2.13. The molecule has 5 heteroatoms. The van der Waals surface area contributed by atoms with Crippen LogP contribution in [0.3, 0.4) is 0 Å². The van der Waals surface area contributed by atoms with E-state index in [4.69, 9.17) is 0 Å². The zero-order valence-corrected chi connectivity index (χ0v) is 10.8. The molecule has 17 heavy (non-hydrogen) atoms.